The zero-order chi connectivity index (χ0) is 8.78. The first-order valence-electron chi connectivity index (χ1n) is 1.55. The predicted molar refractivity (Wildman–Crippen MR) is 33.1 cm³/mol. The molecule has 11 heavy (non-hydrogen) atoms. The standard InChI is InChI=1S/CH2ClN2O.Cu.H2O4S/c2-4-1(3)5;;1-5(2,3)4/h(H2-,3,4,5);;(H2,1,2,3,4)/q-1;+2;/p-1. The van der Waals surface area contributed by atoms with Crippen molar-refractivity contribution in [3.63, 3.8) is 0 Å². The van der Waals surface area contributed by atoms with Gasteiger partial charge in [-0.15, -0.1) is 0 Å². The Balaban J connectivity index is -0.000000107. The van der Waals surface area contributed by atoms with E-state index in [0.29, 0.717) is 0 Å². The van der Waals surface area contributed by atoms with Crippen LogP contribution in [0.3, 0.4) is 0 Å². The molecule has 0 unspecified atom stereocenters. The molecular formula is CH3ClCuN2O5S. The molecule has 3 N–H and O–H groups in total. The molecule has 0 aromatic heterocycles. The molecule has 0 heterocycles. The Morgan fingerprint density at radius 1 is 1.45 bits per heavy atom. The molecule has 0 fully saturated rings. The minimum atomic E-state index is -4.67. The number of carbonyl (C=O) groups is 1. The molecule has 0 aliphatic carbocycles. The van der Waals surface area contributed by atoms with Crippen molar-refractivity contribution in [1.82, 2.24) is 0 Å². The van der Waals surface area contributed by atoms with E-state index in [-0.39, 0.29) is 17.1 Å². The number of nitrogens with one attached hydrogen (secondary N) is 1. The second kappa shape index (κ2) is 8.05. The van der Waals surface area contributed by atoms with Gasteiger partial charge in [0.15, 0.2) is 0 Å². The maximum atomic E-state index is 9.18. The number of amides is 2. The third-order valence-electron chi connectivity index (χ3n) is 0.0768. The van der Waals surface area contributed by atoms with Crippen molar-refractivity contribution in [3.8, 4) is 0 Å². The van der Waals surface area contributed by atoms with E-state index in [0.717, 1.165) is 0 Å². The van der Waals surface area contributed by atoms with Gasteiger partial charge >= 0.3 is 27.5 Å². The Bertz CT molecular complexity index is 183. The van der Waals surface area contributed by atoms with Crippen LogP contribution in [0.4, 0.5) is 4.79 Å². The molecular weight excluding hydrogens is 251 g/mol. The Labute approximate surface area is 78.4 Å². The van der Waals surface area contributed by atoms with Crippen LogP contribution in [0.2, 0.25) is 0 Å². The van der Waals surface area contributed by atoms with Gasteiger partial charge in [-0.2, -0.15) is 8.42 Å². The van der Waals surface area contributed by atoms with Gasteiger partial charge in [0.2, 0.25) is 0 Å². The van der Waals surface area contributed by atoms with Crippen LogP contribution in [-0.2, 0) is 27.5 Å². The fourth-order valence-corrected chi connectivity index (χ4v) is 0. The summed E-state index contributed by atoms with van der Waals surface area (Å²) in [6.45, 7) is 0. The fourth-order valence-electron chi connectivity index (χ4n) is 0. The monoisotopic (exact) mass is 253 g/mol. The van der Waals surface area contributed by atoms with Crippen molar-refractivity contribution in [2.24, 2.45) is 0 Å². The van der Waals surface area contributed by atoms with E-state index in [1.54, 1.807) is 0 Å². The number of halogens is 1. The molecule has 2 amide bonds. The molecule has 0 saturated heterocycles. The van der Waals surface area contributed by atoms with Gasteiger partial charge in [-0.1, -0.05) is 0 Å². The van der Waals surface area contributed by atoms with Gasteiger partial charge in [-0.3, -0.25) is 9.11 Å². The SMILES string of the molecule is O=S(=O)(O)O.[Cu+2].[NH-]C(=O)[N-]Cl. The van der Waals surface area contributed by atoms with Crippen LogP contribution in [0.1, 0.15) is 0 Å². The van der Waals surface area contributed by atoms with Crippen molar-refractivity contribution in [3.05, 3.63) is 10.6 Å². The van der Waals surface area contributed by atoms with Crippen molar-refractivity contribution >= 4 is 28.2 Å². The summed E-state index contributed by atoms with van der Waals surface area (Å²) in [5.74, 6) is 0. The van der Waals surface area contributed by atoms with Crippen LogP contribution in [0, 0.1) is 0 Å². The average Bonchev–Trinajstić information content (AvgIpc) is 1.61. The third kappa shape index (κ3) is 165. The maximum absolute atomic E-state index is 9.18. The number of hydrogen-bond acceptors (Lipinski definition) is 3. The number of carbonyl (C=O) groups excluding carboxylic acids is 1. The van der Waals surface area contributed by atoms with E-state index in [4.69, 9.17) is 23.3 Å². The fraction of sp³-hybridized carbons (Fsp3) is 0. The number of nitrogens with zero attached hydrogens (tertiary/aromatic N) is 1. The molecule has 0 aliphatic rings. The molecule has 0 aromatic carbocycles. The first-order chi connectivity index (χ1) is 4.27. The summed E-state index contributed by atoms with van der Waals surface area (Å²) in [7, 11) is -4.67. The number of urea groups is 1. The molecule has 71 valence electrons. The Hall–Kier alpha value is -0.0505. The molecule has 0 bridgehead atoms. The summed E-state index contributed by atoms with van der Waals surface area (Å²) in [5, 5.41) is 0. The average molecular weight is 254 g/mol. The number of rotatable bonds is 0. The molecule has 0 rings (SSSR count). The first kappa shape index (κ1) is 17.2. The van der Waals surface area contributed by atoms with Crippen LogP contribution in [0.15, 0.2) is 0 Å². The van der Waals surface area contributed by atoms with E-state index < -0.39 is 16.4 Å². The molecule has 7 nitrogen and oxygen atoms in total. The Kier molecular flexibility index (Phi) is 12.6. The van der Waals surface area contributed by atoms with E-state index in [9.17, 15) is 4.79 Å². The predicted octanol–water partition coefficient (Wildman–Crippen LogP) is 1.03. The zero-order valence-corrected chi connectivity index (χ0v) is 7.17. The molecule has 0 spiro atoms. The second-order valence-electron chi connectivity index (χ2n) is 0.838. The molecule has 0 atom stereocenters. The largest absolute Gasteiger partial charge is 2.00 e. The molecule has 0 saturated carbocycles. The zero-order valence-electron chi connectivity index (χ0n) is 4.65. The van der Waals surface area contributed by atoms with Gasteiger partial charge in [0.1, 0.15) is 0 Å². The molecule has 0 aromatic rings. The van der Waals surface area contributed by atoms with Gasteiger partial charge in [0, 0.05) is 0 Å². The molecule has 10 heteroatoms. The summed E-state index contributed by atoms with van der Waals surface area (Å²) in [6, 6.07) is -1.10. The normalized spacial score (nSPS) is 8.27. The minimum absolute atomic E-state index is 0. The van der Waals surface area contributed by atoms with Crippen LogP contribution >= 0.6 is 11.8 Å². The quantitative estimate of drug-likeness (QED) is 0.492. The summed E-state index contributed by atoms with van der Waals surface area (Å²) < 4.78 is 31.6. The van der Waals surface area contributed by atoms with Crippen LogP contribution < -0.4 is 0 Å². The summed E-state index contributed by atoms with van der Waals surface area (Å²) in [6.07, 6.45) is 0. The van der Waals surface area contributed by atoms with Gasteiger partial charge < -0.3 is 15.4 Å². The summed E-state index contributed by atoms with van der Waals surface area (Å²) in [4.78, 5) is 11.6. The van der Waals surface area contributed by atoms with Crippen LogP contribution in [-0.4, -0.2) is 23.6 Å². The Morgan fingerprint density at radius 2 is 1.55 bits per heavy atom. The van der Waals surface area contributed by atoms with Gasteiger partial charge in [0.05, 0.1) is 0 Å². The van der Waals surface area contributed by atoms with Crippen molar-refractivity contribution < 1.29 is 39.4 Å². The maximum Gasteiger partial charge on any atom is 2.00 e. The smallest absolute Gasteiger partial charge is 0.683 e. The van der Waals surface area contributed by atoms with Crippen molar-refractivity contribution in [1.29, 1.82) is 0 Å². The van der Waals surface area contributed by atoms with Crippen molar-refractivity contribution in [2.45, 2.75) is 0 Å². The van der Waals surface area contributed by atoms with E-state index in [1.165, 1.54) is 0 Å². The summed E-state index contributed by atoms with van der Waals surface area (Å²) in [5.41, 5.74) is 5.89. The molecule has 0 aliphatic heterocycles. The van der Waals surface area contributed by atoms with E-state index in [2.05, 4.69) is 16.6 Å². The van der Waals surface area contributed by atoms with Gasteiger partial charge in [-0.25, -0.2) is 11.8 Å². The van der Waals surface area contributed by atoms with Crippen molar-refractivity contribution in [2.75, 3.05) is 0 Å². The number of hydrogen-bond donors (Lipinski definition) is 2. The second-order valence-corrected chi connectivity index (χ2v) is 1.90. The van der Waals surface area contributed by atoms with E-state index >= 15 is 0 Å². The van der Waals surface area contributed by atoms with Gasteiger partial charge in [-0.05, 0) is 6.03 Å². The van der Waals surface area contributed by atoms with Gasteiger partial charge in [0.25, 0.3) is 0 Å². The first-order valence-corrected chi connectivity index (χ1v) is 3.28. The van der Waals surface area contributed by atoms with E-state index in [1.807, 2.05) is 0 Å². The summed E-state index contributed by atoms with van der Waals surface area (Å²) >= 11 is 4.42. The third-order valence-corrected chi connectivity index (χ3v) is 0.230. The topological polar surface area (TPSA) is 130 Å². The molecule has 1 radical (unpaired) electrons. The Morgan fingerprint density at radius 3 is 1.55 bits per heavy atom. The minimum Gasteiger partial charge on any atom is -0.683 e. The van der Waals surface area contributed by atoms with Crippen LogP contribution in [0.5, 0.6) is 0 Å². The van der Waals surface area contributed by atoms with Crippen LogP contribution in [0.25, 0.3) is 10.6 Å².